The van der Waals surface area contributed by atoms with Gasteiger partial charge in [0.2, 0.25) is 0 Å². The van der Waals surface area contributed by atoms with Gasteiger partial charge in [-0.05, 0) is 46.6 Å². The van der Waals surface area contributed by atoms with Crippen LogP contribution < -0.4 is 5.32 Å². The molecule has 2 aromatic rings. The Morgan fingerprint density at radius 2 is 2.24 bits per heavy atom. The first kappa shape index (κ1) is 12.3. The lowest BCUT2D eigenvalue weighted by Crippen LogP contribution is -2.12. The predicted molar refractivity (Wildman–Crippen MR) is 73.4 cm³/mol. The zero-order valence-corrected chi connectivity index (χ0v) is 11.7. The summed E-state index contributed by atoms with van der Waals surface area (Å²) in [4.78, 5) is 0. The van der Waals surface area contributed by atoms with Gasteiger partial charge in [-0.15, -0.1) is 0 Å². The third kappa shape index (κ3) is 2.96. The van der Waals surface area contributed by atoms with E-state index < -0.39 is 0 Å². The number of halogens is 1. The molecule has 0 saturated carbocycles. The minimum absolute atomic E-state index is 0.917. The minimum Gasteiger partial charge on any atom is -0.313 e. The summed E-state index contributed by atoms with van der Waals surface area (Å²) >= 11 is 3.41. The van der Waals surface area contributed by atoms with Crippen LogP contribution >= 0.6 is 15.9 Å². The molecule has 0 aliphatic carbocycles. The first-order valence-corrected chi connectivity index (χ1v) is 6.51. The number of nitrogens with one attached hydrogen (secondary N) is 1. The van der Waals surface area contributed by atoms with Crippen molar-refractivity contribution in [1.29, 1.82) is 0 Å². The van der Waals surface area contributed by atoms with E-state index in [0.717, 1.165) is 23.2 Å². The van der Waals surface area contributed by atoms with Crippen LogP contribution in [0.25, 0.3) is 5.69 Å². The summed E-state index contributed by atoms with van der Waals surface area (Å²) in [6, 6.07) is 6.45. The fourth-order valence-electron chi connectivity index (χ4n) is 1.79. The fraction of sp³-hybridized carbons (Fsp3) is 0.308. The first-order valence-electron chi connectivity index (χ1n) is 5.71. The van der Waals surface area contributed by atoms with Crippen LogP contribution in [-0.4, -0.2) is 16.3 Å². The molecular weight excluding hydrogens is 278 g/mol. The summed E-state index contributed by atoms with van der Waals surface area (Å²) in [5, 5.41) is 7.62. The molecule has 0 aliphatic rings. The van der Waals surface area contributed by atoms with Crippen molar-refractivity contribution in [3.63, 3.8) is 0 Å². The van der Waals surface area contributed by atoms with E-state index in [0.29, 0.717) is 0 Å². The van der Waals surface area contributed by atoms with Crippen LogP contribution in [0.5, 0.6) is 0 Å². The summed E-state index contributed by atoms with van der Waals surface area (Å²) in [5.41, 5.74) is 3.66. The van der Waals surface area contributed by atoms with E-state index in [9.17, 15) is 0 Å². The van der Waals surface area contributed by atoms with Crippen LogP contribution in [0, 0.1) is 6.92 Å². The molecule has 0 spiro atoms. The highest BCUT2D eigenvalue weighted by Gasteiger charge is 2.03. The number of aromatic nitrogens is 2. The minimum atomic E-state index is 0.917. The standard InChI is InChI=1S/C13H16BrN3/c1-3-15-7-11-4-5-13(10(2)6-11)17-9-12(14)8-16-17/h4-6,8-9,15H,3,7H2,1-2H3. The average molecular weight is 294 g/mol. The number of nitrogens with zero attached hydrogens (tertiary/aromatic N) is 2. The molecule has 17 heavy (non-hydrogen) atoms. The second-order valence-electron chi connectivity index (χ2n) is 4.00. The molecule has 1 N–H and O–H groups in total. The van der Waals surface area contributed by atoms with Crippen molar-refractivity contribution in [3.05, 3.63) is 46.2 Å². The molecule has 0 radical (unpaired) electrons. The SMILES string of the molecule is CCNCc1ccc(-n2cc(Br)cn2)c(C)c1. The Hall–Kier alpha value is -1.13. The molecule has 2 rings (SSSR count). The number of hydrogen-bond donors (Lipinski definition) is 1. The molecule has 1 aromatic heterocycles. The van der Waals surface area contributed by atoms with Gasteiger partial charge in [-0.1, -0.05) is 19.1 Å². The topological polar surface area (TPSA) is 29.9 Å². The highest BCUT2D eigenvalue weighted by Crippen LogP contribution is 2.17. The maximum absolute atomic E-state index is 4.29. The highest BCUT2D eigenvalue weighted by molar-refractivity contribution is 9.10. The van der Waals surface area contributed by atoms with Gasteiger partial charge < -0.3 is 5.32 Å². The zero-order valence-electron chi connectivity index (χ0n) is 10.1. The molecule has 0 fully saturated rings. The molecular formula is C13H16BrN3. The quantitative estimate of drug-likeness (QED) is 0.939. The van der Waals surface area contributed by atoms with Gasteiger partial charge in [0.1, 0.15) is 0 Å². The summed E-state index contributed by atoms with van der Waals surface area (Å²) in [5.74, 6) is 0. The summed E-state index contributed by atoms with van der Waals surface area (Å²) in [6.07, 6.45) is 3.76. The summed E-state index contributed by atoms with van der Waals surface area (Å²) in [6.45, 7) is 6.14. The van der Waals surface area contributed by atoms with Crippen LogP contribution in [0.1, 0.15) is 18.1 Å². The maximum atomic E-state index is 4.29. The Morgan fingerprint density at radius 3 is 2.82 bits per heavy atom. The first-order chi connectivity index (χ1) is 8.20. The van der Waals surface area contributed by atoms with E-state index in [-0.39, 0.29) is 0 Å². The van der Waals surface area contributed by atoms with Gasteiger partial charge in [0.05, 0.1) is 16.4 Å². The van der Waals surface area contributed by atoms with Gasteiger partial charge in [-0.3, -0.25) is 0 Å². The molecule has 1 aromatic carbocycles. The normalized spacial score (nSPS) is 10.8. The number of benzene rings is 1. The van der Waals surface area contributed by atoms with Crippen LogP contribution in [-0.2, 0) is 6.54 Å². The van der Waals surface area contributed by atoms with Crippen molar-refractivity contribution < 1.29 is 0 Å². The van der Waals surface area contributed by atoms with Crippen LogP contribution in [0.3, 0.4) is 0 Å². The molecule has 90 valence electrons. The van der Waals surface area contributed by atoms with Crippen molar-refractivity contribution in [2.45, 2.75) is 20.4 Å². The smallest absolute Gasteiger partial charge is 0.0675 e. The number of hydrogen-bond acceptors (Lipinski definition) is 2. The van der Waals surface area contributed by atoms with Crippen molar-refractivity contribution >= 4 is 15.9 Å². The summed E-state index contributed by atoms with van der Waals surface area (Å²) < 4.78 is 2.88. The second-order valence-corrected chi connectivity index (χ2v) is 4.92. The van der Waals surface area contributed by atoms with Gasteiger partial charge >= 0.3 is 0 Å². The average Bonchev–Trinajstić information content (AvgIpc) is 2.73. The van der Waals surface area contributed by atoms with E-state index in [4.69, 9.17) is 0 Å². The molecule has 3 nitrogen and oxygen atoms in total. The second kappa shape index (κ2) is 5.47. The van der Waals surface area contributed by atoms with E-state index in [2.05, 4.69) is 58.4 Å². The molecule has 0 bridgehead atoms. The third-order valence-electron chi connectivity index (χ3n) is 2.64. The maximum Gasteiger partial charge on any atom is 0.0675 e. The molecule has 1 heterocycles. The molecule has 0 aliphatic heterocycles. The monoisotopic (exact) mass is 293 g/mol. The molecule has 0 amide bonds. The van der Waals surface area contributed by atoms with Gasteiger partial charge in [-0.25, -0.2) is 4.68 Å². The van der Waals surface area contributed by atoms with Gasteiger partial charge in [0, 0.05) is 12.7 Å². The number of rotatable bonds is 4. The Morgan fingerprint density at radius 1 is 1.41 bits per heavy atom. The van der Waals surface area contributed by atoms with Crippen molar-refractivity contribution in [1.82, 2.24) is 15.1 Å². The lowest BCUT2D eigenvalue weighted by atomic mass is 10.1. The lowest BCUT2D eigenvalue weighted by molar-refractivity contribution is 0.725. The van der Waals surface area contributed by atoms with E-state index >= 15 is 0 Å². The Labute approximate surface area is 110 Å². The van der Waals surface area contributed by atoms with Gasteiger partial charge in [0.15, 0.2) is 0 Å². The molecule has 0 unspecified atom stereocenters. The largest absolute Gasteiger partial charge is 0.313 e. The third-order valence-corrected chi connectivity index (χ3v) is 3.05. The summed E-state index contributed by atoms with van der Waals surface area (Å²) in [7, 11) is 0. The van der Waals surface area contributed by atoms with Crippen molar-refractivity contribution in [3.8, 4) is 5.69 Å². The highest BCUT2D eigenvalue weighted by atomic mass is 79.9. The Balaban J connectivity index is 2.25. The van der Waals surface area contributed by atoms with E-state index in [1.54, 1.807) is 6.20 Å². The van der Waals surface area contributed by atoms with E-state index in [1.807, 2.05) is 10.9 Å². The fourth-order valence-corrected chi connectivity index (χ4v) is 2.07. The molecule has 0 saturated heterocycles. The zero-order chi connectivity index (χ0) is 12.3. The Bertz CT molecular complexity index is 505. The van der Waals surface area contributed by atoms with Crippen LogP contribution in [0.15, 0.2) is 35.1 Å². The van der Waals surface area contributed by atoms with Crippen molar-refractivity contribution in [2.75, 3.05) is 6.54 Å². The lowest BCUT2D eigenvalue weighted by Gasteiger charge is -2.08. The van der Waals surface area contributed by atoms with Crippen LogP contribution in [0.4, 0.5) is 0 Å². The number of aryl methyl sites for hydroxylation is 1. The van der Waals surface area contributed by atoms with Crippen LogP contribution in [0.2, 0.25) is 0 Å². The van der Waals surface area contributed by atoms with Gasteiger partial charge in [-0.2, -0.15) is 5.10 Å². The van der Waals surface area contributed by atoms with Gasteiger partial charge in [0.25, 0.3) is 0 Å². The molecule has 0 atom stereocenters. The van der Waals surface area contributed by atoms with Crippen molar-refractivity contribution in [2.24, 2.45) is 0 Å². The Kier molecular flexibility index (Phi) is 3.97. The predicted octanol–water partition coefficient (Wildman–Crippen LogP) is 3.05. The molecule has 4 heteroatoms. The van der Waals surface area contributed by atoms with E-state index in [1.165, 1.54) is 11.1 Å².